The predicted octanol–water partition coefficient (Wildman–Crippen LogP) is 6.01. The summed E-state index contributed by atoms with van der Waals surface area (Å²) < 4.78 is 5.61. The van der Waals surface area contributed by atoms with E-state index in [0.29, 0.717) is 48.5 Å². The first-order valence-electron chi connectivity index (χ1n) is 12.3. The first-order valence-corrected chi connectivity index (χ1v) is 12.3. The second-order valence-electron chi connectivity index (χ2n) is 11.1. The van der Waals surface area contributed by atoms with Crippen molar-refractivity contribution in [2.45, 2.75) is 85.7 Å². The summed E-state index contributed by atoms with van der Waals surface area (Å²) in [5.41, 5.74) is -0.521. The van der Waals surface area contributed by atoms with Gasteiger partial charge in [0.05, 0.1) is 0 Å². The van der Waals surface area contributed by atoms with Gasteiger partial charge in [0, 0.05) is 18.1 Å². The van der Waals surface area contributed by atoms with Crippen LogP contribution in [0.3, 0.4) is 0 Å². The van der Waals surface area contributed by atoms with Gasteiger partial charge in [-0.1, -0.05) is 52.8 Å². The Balaban J connectivity index is 1.78. The number of carbonyl (C=O) groups excluding carboxylic acids is 3. The molecule has 3 rings (SSSR count). The molecule has 0 aromatic carbocycles. The maximum atomic E-state index is 12.8. The van der Waals surface area contributed by atoms with Gasteiger partial charge in [-0.05, 0) is 80.1 Å². The van der Waals surface area contributed by atoms with Crippen LogP contribution in [-0.2, 0) is 19.1 Å². The summed E-state index contributed by atoms with van der Waals surface area (Å²) in [5, 5.41) is 0. The molecule has 176 valence electrons. The van der Waals surface area contributed by atoms with E-state index in [1.54, 1.807) is 6.92 Å². The van der Waals surface area contributed by atoms with Gasteiger partial charge < -0.3 is 4.74 Å². The summed E-state index contributed by atoms with van der Waals surface area (Å²) in [5.74, 6) is 1.46. The first-order chi connectivity index (χ1) is 15.0. The molecule has 0 aliphatic heterocycles. The number of ketones is 2. The molecule has 6 atom stereocenters. The molecule has 0 amide bonds. The molecule has 32 heavy (non-hydrogen) atoms. The number of rotatable bonds is 6. The predicted molar refractivity (Wildman–Crippen MR) is 127 cm³/mol. The van der Waals surface area contributed by atoms with Crippen LogP contribution in [-0.4, -0.2) is 23.1 Å². The Morgan fingerprint density at radius 3 is 2.47 bits per heavy atom. The van der Waals surface area contributed by atoms with E-state index >= 15 is 0 Å². The molecule has 4 nitrogen and oxygen atoms in total. The van der Waals surface area contributed by atoms with Gasteiger partial charge in [0.2, 0.25) is 0 Å². The molecule has 0 N–H and O–H groups in total. The molecular weight excluding hydrogens is 400 g/mol. The molecule has 0 spiro atoms. The molecule has 0 bridgehead atoms. The van der Waals surface area contributed by atoms with E-state index in [-0.39, 0.29) is 22.9 Å². The average Bonchev–Trinajstić information content (AvgIpc) is 3.08. The highest BCUT2D eigenvalue weighted by molar-refractivity contribution is 6.03. The van der Waals surface area contributed by atoms with Gasteiger partial charge in [-0.2, -0.15) is 0 Å². The maximum absolute atomic E-state index is 12.8. The molecule has 3 unspecified atom stereocenters. The lowest BCUT2D eigenvalue weighted by molar-refractivity contribution is -0.160. The zero-order chi connectivity index (χ0) is 23.7. The van der Waals surface area contributed by atoms with E-state index in [0.717, 1.165) is 19.3 Å². The van der Waals surface area contributed by atoms with Gasteiger partial charge in [0.1, 0.15) is 0 Å². The zero-order valence-corrected chi connectivity index (χ0v) is 20.6. The fourth-order valence-corrected chi connectivity index (χ4v) is 5.94. The van der Waals surface area contributed by atoms with Crippen LogP contribution >= 0.6 is 0 Å². The number of hydrogen-bond acceptors (Lipinski definition) is 4. The van der Waals surface area contributed by atoms with Crippen LogP contribution in [0.4, 0.5) is 0 Å². The highest BCUT2D eigenvalue weighted by Crippen LogP contribution is 2.58. The SMILES string of the molecule is CC(C)C(C)/C=C/[C@H](C)C1CCC2/C(=C/C(=O)O[C@@]3(C)CCC=CC3=O)C(=O)CC[C@@]21C. The Bertz CT molecular complexity index is 847. The molecule has 0 aromatic rings. The van der Waals surface area contributed by atoms with Crippen molar-refractivity contribution in [2.24, 2.45) is 35.0 Å². The minimum Gasteiger partial charge on any atom is -0.448 e. The Labute approximate surface area is 193 Å². The van der Waals surface area contributed by atoms with Gasteiger partial charge in [-0.3, -0.25) is 9.59 Å². The second kappa shape index (κ2) is 9.49. The van der Waals surface area contributed by atoms with E-state index in [1.165, 1.54) is 12.2 Å². The number of ether oxygens (including phenoxy) is 1. The van der Waals surface area contributed by atoms with Gasteiger partial charge in [0.15, 0.2) is 17.2 Å². The van der Waals surface area contributed by atoms with E-state index in [1.807, 2.05) is 6.08 Å². The van der Waals surface area contributed by atoms with Crippen LogP contribution in [0.5, 0.6) is 0 Å². The molecule has 3 aliphatic carbocycles. The molecule has 0 radical (unpaired) electrons. The minimum atomic E-state index is -1.13. The number of carbonyl (C=O) groups is 3. The third kappa shape index (κ3) is 4.84. The highest BCUT2D eigenvalue weighted by atomic mass is 16.6. The van der Waals surface area contributed by atoms with Crippen molar-refractivity contribution < 1.29 is 19.1 Å². The number of Topliss-reactive ketones (excluding diaryl/α,β-unsaturated/α-hetero) is 1. The molecule has 0 aromatic heterocycles. The van der Waals surface area contributed by atoms with Crippen molar-refractivity contribution in [3.63, 3.8) is 0 Å². The van der Waals surface area contributed by atoms with Gasteiger partial charge in [-0.15, -0.1) is 0 Å². The second-order valence-corrected chi connectivity index (χ2v) is 11.1. The van der Waals surface area contributed by atoms with Crippen molar-refractivity contribution in [2.75, 3.05) is 0 Å². The topological polar surface area (TPSA) is 60.4 Å². The van der Waals surface area contributed by atoms with Crippen LogP contribution in [0.25, 0.3) is 0 Å². The van der Waals surface area contributed by atoms with Crippen molar-refractivity contribution in [3.05, 3.63) is 36.0 Å². The lowest BCUT2D eigenvalue weighted by atomic mass is 9.61. The Morgan fingerprint density at radius 1 is 1.09 bits per heavy atom. The molecule has 3 aliphatic rings. The van der Waals surface area contributed by atoms with Crippen LogP contribution in [0.1, 0.15) is 80.1 Å². The summed E-state index contributed by atoms with van der Waals surface area (Å²) in [7, 11) is 0. The van der Waals surface area contributed by atoms with Crippen molar-refractivity contribution >= 4 is 17.5 Å². The summed E-state index contributed by atoms with van der Waals surface area (Å²) >= 11 is 0. The molecule has 0 heterocycles. The number of hydrogen-bond donors (Lipinski definition) is 0. The van der Waals surface area contributed by atoms with Gasteiger partial charge >= 0.3 is 5.97 Å². The van der Waals surface area contributed by atoms with Gasteiger partial charge in [0.25, 0.3) is 0 Å². The summed E-state index contributed by atoms with van der Waals surface area (Å²) in [6, 6.07) is 0. The van der Waals surface area contributed by atoms with Crippen molar-refractivity contribution in [1.82, 2.24) is 0 Å². The molecule has 2 saturated carbocycles. The van der Waals surface area contributed by atoms with Crippen molar-refractivity contribution in [3.8, 4) is 0 Å². The summed E-state index contributed by atoms with van der Waals surface area (Å²) in [4.78, 5) is 37.9. The minimum absolute atomic E-state index is 0.00184. The Morgan fingerprint density at radius 2 is 1.81 bits per heavy atom. The Kier molecular flexibility index (Phi) is 7.31. The van der Waals surface area contributed by atoms with Crippen LogP contribution in [0.2, 0.25) is 0 Å². The quantitative estimate of drug-likeness (QED) is 0.288. The normalized spacial score (nSPS) is 36.0. The molecule has 0 saturated heterocycles. The van der Waals surface area contributed by atoms with E-state index < -0.39 is 11.6 Å². The summed E-state index contributed by atoms with van der Waals surface area (Å²) in [6.45, 7) is 13.0. The van der Waals surface area contributed by atoms with Crippen molar-refractivity contribution in [1.29, 1.82) is 0 Å². The lowest BCUT2D eigenvalue weighted by Crippen LogP contribution is -2.41. The zero-order valence-electron chi connectivity index (χ0n) is 20.6. The number of fused-ring (bicyclic) bond motifs is 1. The maximum Gasteiger partial charge on any atom is 0.332 e. The molecule has 4 heteroatoms. The highest BCUT2D eigenvalue weighted by Gasteiger charge is 2.52. The van der Waals surface area contributed by atoms with Crippen LogP contribution in [0, 0.1) is 35.0 Å². The molecule has 2 fully saturated rings. The smallest absolute Gasteiger partial charge is 0.332 e. The Hall–Kier alpha value is -1.97. The first kappa shape index (κ1) is 24.7. The van der Waals surface area contributed by atoms with E-state index in [4.69, 9.17) is 4.74 Å². The van der Waals surface area contributed by atoms with E-state index in [9.17, 15) is 14.4 Å². The largest absolute Gasteiger partial charge is 0.448 e. The average molecular weight is 441 g/mol. The third-order valence-corrected chi connectivity index (χ3v) is 8.58. The summed E-state index contributed by atoms with van der Waals surface area (Å²) in [6.07, 6.45) is 13.9. The van der Waals surface area contributed by atoms with E-state index in [2.05, 4.69) is 46.8 Å². The van der Waals surface area contributed by atoms with Crippen LogP contribution < -0.4 is 0 Å². The monoisotopic (exact) mass is 440 g/mol. The fourth-order valence-electron chi connectivity index (χ4n) is 5.94. The van der Waals surface area contributed by atoms with Crippen LogP contribution in [0.15, 0.2) is 36.0 Å². The molecular formula is C28H40O4. The fraction of sp³-hybridized carbons (Fsp3) is 0.679. The standard InChI is InChI=1S/C28H40O4/c1-18(2)19(3)10-11-20(4)22-12-13-23-21(24(29)14-16-27(22,23)5)17-26(31)32-28(6)15-8-7-9-25(28)30/h7,9-11,17-20,22-23H,8,12-16H2,1-6H3/b11-10+,21-17-/t19?,20-,22?,23?,27+,28-/m0/s1. The third-order valence-electron chi connectivity index (χ3n) is 8.58. The number of esters is 1. The van der Waals surface area contributed by atoms with Gasteiger partial charge in [-0.25, -0.2) is 4.79 Å². The lowest BCUT2D eigenvalue weighted by Gasteiger charge is -2.43. The number of allylic oxidation sites excluding steroid dienone is 4.